The highest BCUT2D eigenvalue weighted by Gasteiger charge is 2.13. The first-order chi connectivity index (χ1) is 9.49. The number of non-ortho nitro benzene ring substituents is 1. The molecule has 0 spiro atoms. The lowest BCUT2D eigenvalue weighted by Crippen LogP contribution is -1.99. The lowest BCUT2D eigenvalue weighted by Gasteiger charge is -2.06. The van der Waals surface area contributed by atoms with Crippen LogP contribution in [0.25, 0.3) is 0 Å². The topological polar surface area (TPSA) is 100 Å². The van der Waals surface area contributed by atoms with E-state index >= 15 is 0 Å². The van der Waals surface area contributed by atoms with Crippen LogP contribution in [0.5, 0.6) is 17.8 Å². The molecule has 0 fully saturated rings. The zero-order chi connectivity index (χ0) is 14.7. The Morgan fingerprint density at radius 3 is 2.50 bits per heavy atom. The van der Waals surface area contributed by atoms with Gasteiger partial charge in [-0.3, -0.25) is 10.1 Å². The van der Waals surface area contributed by atoms with Crippen molar-refractivity contribution in [2.45, 2.75) is 0 Å². The van der Waals surface area contributed by atoms with Gasteiger partial charge in [0.2, 0.25) is 5.28 Å². The highest BCUT2D eigenvalue weighted by atomic mass is 35.5. The molecule has 2 rings (SSSR count). The number of hydrogen-bond acceptors (Lipinski definition) is 7. The molecule has 0 atom stereocenters. The monoisotopic (exact) mass is 316 g/mol. The summed E-state index contributed by atoms with van der Waals surface area (Å²) in [4.78, 5) is 21.2. The molecule has 0 aliphatic carbocycles. The fourth-order valence-corrected chi connectivity index (χ4v) is 1.59. The van der Waals surface area contributed by atoms with E-state index in [9.17, 15) is 10.1 Å². The zero-order valence-corrected chi connectivity index (χ0v) is 11.4. The Morgan fingerprint density at radius 2 is 1.90 bits per heavy atom. The van der Waals surface area contributed by atoms with Gasteiger partial charge in [-0.1, -0.05) is 11.6 Å². The van der Waals surface area contributed by atoms with Gasteiger partial charge in [-0.15, -0.1) is 4.98 Å². The van der Waals surface area contributed by atoms with E-state index in [1.807, 2.05) is 0 Å². The van der Waals surface area contributed by atoms with Crippen LogP contribution >= 0.6 is 23.2 Å². The summed E-state index contributed by atoms with van der Waals surface area (Å²) in [6.45, 7) is 0. The van der Waals surface area contributed by atoms with Gasteiger partial charge < -0.3 is 9.47 Å². The van der Waals surface area contributed by atoms with Gasteiger partial charge in [-0.05, 0) is 17.7 Å². The number of nitro groups is 1. The number of hydrogen-bond donors (Lipinski definition) is 0. The van der Waals surface area contributed by atoms with Crippen LogP contribution in [-0.4, -0.2) is 27.0 Å². The summed E-state index contributed by atoms with van der Waals surface area (Å²) in [7, 11) is 1.36. The van der Waals surface area contributed by atoms with Crippen molar-refractivity contribution in [1.82, 2.24) is 15.0 Å². The van der Waals surface area contributed by atoms with E-state index in [1.54, 1.807) is 0 Å². The quantitative estimate of drug-likeness (QED) is 0.631. The molecule has 1 aromatic heterocycles. The van der Waals surface area contributed by atoms with Crippen LogP contribution in [0.3, 0.4) is 0 Å². The number of rotatable bonds is 4. The van der Waals surface area contributed by atoms with Crippen molar-refractivity contribution in [3.63, 3.8) is 0 Å². The molecule has 20 heavy (non-hydrogen) atoms. The summed E-state index contributed by atoms with van der Waals surface area (Å²) in [5.74, 6) is 0.140. The molecule has 2 aromatic rings. The molecular weight excluding hydrogens is 311 g/mol. The van der Waals surface area contributed by atoms with Gasteiger partial charge in [0.25, 0.3) is 5.69 Å². The molecule has 0 amide bonds. The molecule has 0 aliphatic heterocycles. The van der Waals surface area contributed by atoms with E-state index in [1.165, 1.54) is 19.2 Å². The van der Waals surface area contributed by atoms with Gasteiger partial charge in [-0.2, -0.15) is 9.97 Å². The Bertz CT molecular complexity index is 668. The highest BCUT2D eigenvalue weighted by molar-refractivity contribution is 6.32. The predicted octanol–water partition coefficient (Wildman–Crippen LogP) is 2.89. The molecule has 10 heteroatoms. The normalized spacial score (nSPS) is 10.2. The lowest BCUT2D eigenvalue weighted by molar-refractivity contribution is -0.384. The highest BCUT2D eigenvalue weighted by Crippen LogP contribution is 2.31. The maximum atomic E-state index is 10.6. The average molecular weight is 317 g/mol. The third kappa shape index (κ3) is 3.22. The first-order valence-electron chi connectivity index (χ1n) is 5.07. The maximum Gasteiger partial charge on any atom is 0.329 e. The van der Waals surface area contributed by atoms with Crippen LogP contribution in [0.4, 0.5) is 5.69 Å². The average Bonchev–Trinajstić information content (AvgIpc) is 2.40. The minimum absolute atomic E-state index is 0.0296. The van der Waals surface area contributed by atoms with Crippen LogP contribution in [0.2, 0.25) is 10.3 Å². The van der Waals surface area contributed by atoms with Gasteiger partial charge in [0.15, 0.2) is 0 Å². The van der Waals surface area contributed by atoms with Crippen molar-refractivity contribution >= 4 is 28.9 Å². The number of benzene rings is 1. The Kier molecular flexibility index (Phi) is 4.16. The molecule has 0 saturated heterocycles. The standard InChI is InChI=1S/C10H6Cl2N4O4/c1-19-9-13-8(12)14-10(15-9)20-7-3-2-5(16(17)18)4-6(7)11/h2-4H,1H3. The minimum Gasteiger partial charge on any atom is -0.467 e. The van der Waals surface area contributed by atoms with E-state index in [0.717, 1.165) is 6.07 Å². The number of methoxy groups -OCH3 is 1. The van der Waals surface area contributed by atoms with Crippen LogP contribution in [0.1, 0.15) is 0 Å². The zero-order valence-electron chi connectivity index (χ0n) is 9.91. The Labute approximate surface area is 122 Å². The summed E-state index contributed by atoms with van der Waals surface area (Å²) in [5.41, 5.74) is -0.159. The van der Waals surface area contributed by atoms with Gasteiger partial charge in [0.05, 0.1) is 17.1 Å². The summed E-state index contributed by atoms with van der Waals surface area (Å²) in [5, 5.41) is 10.5. The van der Waals surface area contributed by atoms with Gasteiger partial charge in [0, 0.05) is 12.1 Å². The van der Waals surface area contributed by atoms with E-state index in [0.29, 0.717) is 0 Å². The lowest BCUT2D eigenvalue weighted by atomic mass is 10.3. The molecule has 0 bridgehead atoms. The Balaban J connectivity index is 2.30. The molecule has 0 radical (unpaired) electrons. The smallest absolute Gasteiger partial charge is 0.329 e. The fraction of sp³-hybridized carbons (Fsp3) is 0.100. The second-order valence-corrected chi connectivity index (χ2v) is 4.09. The Hall–Kier alpha value is -2.19. The van der Waals surface area contributed by atoms with Crippen molar-refractivity contribution in [1.29, 1.82) is 0 Å². The van der Waals surface area contributed by atoms with E-state index in [2.05, 4.69) is 15.0 Å². The van der Waals surface area contributed by atoms with Gasteiger partial charge >= 0.3 is 12.0 Å². The molecular formula is C10H6Cl2N4O4. The van der Waals surface area contributed by atoms with E-state index in [-0.39, 0.29) is 33.8 Å². The molecule has 1 heterocycles. The van der Waals surface area contributed by atoms with Crippen molar-refractivity contribution in [3.8, 4) is 17.8 Å². The minimum atomic E-state index is -0.571. The number of halogens is 2. The van der Waals surface area contributed by atoms with E-state index < -0.39 is 4.92 Å². The predicted molar refractivity (Wildman–Crippen MR) is 69.6 cm³/mol. The number of nitrogens with zero attached hydrogens (tertiary/aromatic N) is 4. The van der Waals surface area contributed by atoms with Crippen LogP contribution in [0, 0.1) is 10.1 Å². The molecule has 0 aliphatic rings. The second-order valence-electron chi connectivity index (χ2n) is 3.35. The third-order valence-corrected chi connectivity index (χ3v) is 2.54. The van der Waals surface area contributed by atoms with Crippen molar-refractivity contribution in [2.75, 3.05) is 7.11 Å². The maximum absolute atomic E-state index is 10.6. The van der Waals surface area contributed by atoms with Crippen molar-refractivity contribution in [3.05, 3.63) is 38.6 Å². The summed E-state index contributed by atoms with van der Waals surface area (Å²) in [6.07, 6.45) is 0. The van der Waals surface area contributed by atoms with Crippen LogP contribution < -0.4 is 9.47 Å². The molecule has 104 valence electrons. The Morgan fingerprint density at radius 1 is 1.20 bits per heavy atom. The van der Waals surface area contributed by atoms with E-state index in [4.69, 9.17) is 32.7 Å². The van der Waals surface area contributed by atoms with Crippen LogP contribution in [0.15, 0.2) is 18.2 Å². The number of aromatic nitrogens is 3. The van der Waals surface area contributed by atoms with Crippen molar-refractivity contribution in [2.24, 2.45) is 0 Å². The largest absolute Gasteiger partial charge is 0.467 e. The molecule has 0 saturated carbocycles. The van der Waals surface area contributed by atoms with Gasteiger partial charge in [0.1, 0.15) is 5.75 Å². The SMILES string of the molecule is COc1nc(Cl)nc(Oc2ccc([N+](=O)[O-])cc2Cl)n1. The van der Waals surface area contributed by atoms with Crippen LogP contribution in [-0.2, 0) is 0 Å². The molecule has 8 nitrogen and oxygen atoms in total. The van der Waals surface area contributed by atoms with Crippen molar-refractivity contribution < 1.29 is 14.4 Å². The first-order valence-corrected chi connectivity index (χ1v) is 5.82. The summed E-state index contributed by atoms with van der Waals surface area (Å²) < 4.78 is 10.1. The number of ether oxygens (including phenoxy) is 2. The molecule has 0 N–H and O–H groups in total. The van der Waals surface area contributed by atoms with Gasteiger partial charge in [-0.25, -0.2) is 0 Å². The molecule has 1 aromatic carbocycles. The second kappa shape index (κ2) is 5.85. The summed E-state index contributed by atoms with van der Waals surface area (Å²) in [6, 6.07) is 3.54. The third-order valence-electron chi connectivity index (χ3n) is 2.08. The fourth-order valence-electron chi connectivity index (χ4n) is 1.24. The molecule has 0 unspecified atom stereocenters. The number of nitro benzene ring substituents is 1. The first kappa shape index (κ1) is 14.2. The summed E-state index contributed by atoms with van der Waals surface area (Å²) >= 11 is 11.5.